The van der Waals surface area contributed by atoms with Crippen molar-refractivity contribution in [3.63, 3.8) is 0 Å². The molecule has 0 aliphatic heterocycles. The molecule has 0 saturated heterocycles. The third-order valence-corrected chi connectivity index (χ3v) is 4.20. The van der Waals surface area contributed by atoms with Gasteiger partial charge in [-0.05, 0) is 37.0 Å². The van der Waals surface area contributed by atoms with E-state index in [1.807, 2.05) is 6.07 Å². The highest BCUT2D eigenvalue weighted by Crippen LogP contribution is 2.32. The third kappa shape index (κ3) is 4.68. The summed E-state index contributed by atoms with van der Waals surface area (Å²) in [6.07, 6.45) is 2.96. The van der Waals surface area contributed by atoms with Gasteiger partial charge in [0, 0.05) is 12.0 Å². The molecule has 1 heterocycles. The van der Waals surface area contributed by atoms with Gasteiger partial charge < -0.3 is 4.74 Å². The van der Waals surface area contributed by atoms with Crippen LogP contribution in [0.25, 0.3) is 11.3 Å². The standard InChI is InChI=1S/C18H15Cl2FN2O2/c1-25-18(24)17-14(20)10-15(21)16(23-17)12-7-6-11(9-13(12)19)5-3-2-4-8-22/h6-7,9-10H,2-5H2,1H3. The molecule has 1 aromatic carbocycles. The molecule has 0 aliphatic carbocycles. The largest absolute Gasteiger partial charge is 0.464 e. The lowest BCUT2D eigenvalue weighted by molar-refractivity contribution is 0.0594. The van der Waals surface area contributed by atoms with Crippen LogP contribution in [0.15, 0.2) is 24.3 Å². The summed E-state index contributed by atoms with van der Waals surface area (Å²) in [5.41, 5.74) is 1.11. The number of carbonyl (C=O) groups is 1. The van der Waals surface area contributed by atoms with Crippen LogP contribution in [0.2, 0.25) is 10.0 Å². The first-order valence-corrected chi connectivity index (χ1v) is 8.33. The number of aryl methyl sites for hydroxylation is 1. The van der Waals surface area contributed by atoms with Gasteiger partial charge in [-0.15, -0.1) is 0 Å². The zero-order valence-corrected chi connectivity index (χ0v) is 15.0. The molecule has 0 aliphatic rings. The predicted molar refractivity (Wildman–Crippen MR) is 94.2 cm³/mol. The molecular formula is C18H15Cl2FN2O2. The summed E-state index contributed by atoms with van der Waals surface area (Å²) in [5, 5.41) is 8.73. The van der Waals surface area contributed by atoms with E-state index in [1.54, 1.807) is 12.1 Å². The van der Waals surface area contributed by atoms with E-state index in [0.29, 0.717) is 17.0 Å². The molecule has 2 rings (SSSR count). The summed E-state index contributed by atoms with van der Waals surface area (Å²) < 4.78 is 18.9. The fourth-order valence-corrected chi connectivity index (χ4v) is 2.84. The molecule has 2 aromatic rings. The minimum absolute atomic E-state index is 0.0640. The molecule has 7 heteroatoms. The molecule has 0 amide bonds. The van der Waals surface area contributed by atoms with Gasteiger partial charge in [0.15, 0.2) is 11.5 Å². The average molecular weight is 381 g/mol. The van der Waals surface area contributed by atoms with Crippen molar-refractivity contribution in [2.75, 3.05) is 7.11 Å². The maximum absolute atomic E-state index is 14.3. The van der Waals surface area contributed by atoms with E-state index in [2.05, 4.69) is 15.8 Å². The molecule has 25 heavy (non-hydrogen) atoms. The second kappa shape index (κ2) is 8.80. The van der Waals surface area contributed by atoms with Gasteiger partial charge in [-0.3, -0.25) is 0 Å². The molecule has 0 N–H and O–H groups in total. The zero-order chi connectivity index (χ0) is 18.4. The first-order chi connectivity index (χ1) is 12.0. The summed E-state index contributed by atoms with van der Waals surface area (Å²) in [6, 6.07) is 8.33. The van der Waals surface area contributed by atoms with E-state index in [0.717, 1.165) is 30.9 Å². The number of nitrogens with zero attached hydrogens (tertiary/aromatic N) is 2. The number of benzene rings is 1. The Morgan fingerprint density at radius 1 is 1.28 bits per heavy atom. The summed E-state index contributed by atoms with van der Waals surface area (Å²) >= 11 is 12.1. The minimum Gasteiger partial charge on any atom is -0.464 e. The van der Waals surface area contributed by atoms with Crippen LogP contribution >= 0.6 is 23.2 Å². The topological polar surface area (TPSA) is 63.0 Å². The Balaban J connectivity index is 2.32. The van der Waals surface area contributed by atoms with E-state index < -0.39 is 11.8 Å². The van der Waals surface area contributed by atoms with Gasteiger partial charge in [0.1, 0.15) is 5.69 Å². The van der Waals surface area contributed by atoms with Crippen molar-refractivity contribution in [1.82, 2.24) is 4.98 Å². The Morgan fingerprint density at radius 2 is 2.04 bits per heavy atom. The highest BCUT2D eigenvalue weighted by molar-refractivity contribution is 6.34. The van der Waals surface area contributed by atoms with Crippen LogP contribution in [0.4, 0.5) is 4.39 Å². The highest BCUT2D eigenvalue weighted by atomic mass is 35.5. The Bertz CT molecular complexity index is 835. The number of nitriles is 1. The van der Waals surface area contributed by atoms with Crippen molar-refractivity contribution in [2.24, 2.45) is 0 Å². The molecule has 0 spiro atoms. The van der Waals surface area contributed by atoms with Gasteiger partial charge in [0.2, 0.25) is 0 Å². The molecule has 130 valence electrons. The fraction of sp³-hybridized carbons (Fsp3) is 0.278. The molecule has 4 nitrogen and oxygen atoms in total. The van der Waals surface area contributed by atoms with Crippen LogP contribution in [-0.4, -0.2) is 18.1 Å². The van der Waals surface area contributed by atoms with Crippen molar-refractivity contribution in [3.05, 3.63) is 51.4 Å². The Kier molecular flexibility index (Phi) is 6.74. The zero-order valence-electron chi connectivity index (χ0n) is 13.5. The van der Waals surface area contributed by atoms with E-state index >= 15 is 0 Å². The predicted octanol–water partition coefficient (Wildman–Crippen LogP) is 5.22. The smallest absolute Gasteiger partial charge is 0.358 e. The molecule has 1 aromatic heterocycles. The maximum Gasteiger partial charge on any atom is 0.358 e. The Hall–Kier alpha value is -2.16. The summed E-state index contributed by atoms with van der Waals surface area (Å²) in [5.74, 6) is -1.43. The lowest BCUT2D eigenvalue weighted by atomic mass is 10.0. The van der Waals surface area contributed by atoms with Crippen LogP contribution in [-0.2, 0) is 11.2 Å². The lowest BCUT2D eigenvalue weighted by Crippen LogP contribution is -2.07. The summed E-state index contributed by atoms with van der Waals surface area (Å²) in [7, 11) is 1.19. The van der Waals surface area contributed by atoms with Gasteiger partial charge in [-0.1, -0.05) is 35.3 Å². The first kappa shape index (κ1) is 19.2. The van der Waals surface area contributed by atoms with Gasteiger partial charge in [0.05, 0.1) is 23.2 Å². The number of methoxy groups -OCH3 is 1. The van der Waals surface area contributed by atoms with E-state index in [4.69, 9.17) is 28.5 Å². The van der Waals surface area contributed by atoms with Crippen LogP contribution in [0.1, 0.15) is 35.3 Å². The second-order valence-corrected chi connectivity index (χ2v) is 6.13. The van der Waals surface area contributed by atoms with Crippen molar-refractivity contribution in [2.45, 2.75) is 25.7 Å². The monoisotopic (exact) mass is 380 g/mol. The summed E-state index contributed by atoms with van der Waals surface area (Å²) in [4.78, 5) is 15.7. The maximum atomic E-state index is 14.3. The van der Waals surface area contributed by atoms with Crippen molar-refractivity contribution in [3.8, 4) is 17.3 Å². The number of hydrogen-bond acceptors (Lipinski definition) is 4. The number of unbranched alkanes of at least 4 members (excludes halogenated alkanes) is 2. The second-order valence-electron chi connectivity index (χ2n) is 5.32. The number of hydrogen-bond donors (Lipinski definition) is 0. The first-order valence-electron chi connectivity index (χ1n) is 7.58. The average Bonchev–Trinajstić information content (AvgIpc) is 2.59. The van der Waals surface area contributed by atoms with Crippen LogP contribution in [0, 0.1) is 17.1 Å². The minimum atomic E-state index is -0.753. The molecule has 0 saturated carbocycles. The SMILES string of the molecule is COC(=O)c1nc(-c2ccc(CCCCC#N)cc2Cl)c(F)cc1Cl. The number of halogens is 3. The fourth-order valence-electron chi connectivity index (χ4n) is 2.33. The summed E-state index contributed by atoms with van der Waals surface area (Å²) in [6.45, 7) is 0. The Morgan fingerprint density at radius 3 is 2.68 bits per heavy atom. The quantitative estimate of drug-likeness (QED) is 0.509. The van der Waals surface area contributed by atoms with Gasteiger partial charge >= 0.3 is 5.97 Å². The number of ether oxygens (including phenoxy) is 1. The van der Waals surface area contributed by atoms with E-state index in [1.165, 1.54) is 7.11 Å². The van der Waals surface area contributed by atoms with Crippen LogP contribution in [0.3, 0.4) is 0 Å². The molecular weight excluding hydrogens is 366 g/mol. The molecule has 0 fully saturated rings. The number of aromatic nitrogens is 1. The number of esters is 1. The van der Waals surface area contributed by atoms with Gasteiger partial charge in [-0.25, -0.2) is 14.2 Å². The molecule has 0 unspecified atom stereocenters. The van der Waals surface area contributed by atoms with E-state index in [9.17, 15) is 9.18 Å². The molecule has 0 bridgehead atoms. The van der Waals surface area contributed by atoms with Crippen molar-refractivity contribution < 1.29 is 13.9 Å². The molecule has 0 radical (unpaired) electrons. The number of rotatable bonds is 6. The molecule has 0 atom stereocenters. The lowest BCUT2D eigenvalue weighted by Gasteiger charge is -2.10. The van der Waals surface area contributed by atoms with E-state index in [-0.39, 0.29) is 16.4 Å². The van der Waals surface area contributed by atoms with Gasteiger partial charge in [-0.2, -0.15) is 5.26 Å². The third-order valence-electron chi connectivity index (χ3n) is 3.60. The van der Waals surface area contributed by atoms with Crippen molar-refractivity contribution >= 4 is 29.2 Å². The normalized spacial score (nSPS) is 10.4. The van der Waals surface area contributed by atoms with Crippen LogP contribution < -0.4 is 0 Å². The Labute approximate surface area is 155 Å². The number of pyridine rings is 1. The highest BCUT2D eigenvalue weighted by Gasteiger charge is 2.19. The number of carbonyl (C=O) groups excluding carboxylic acids is 1. The van der Waals surface area contributed by atoms with Gasteiger partial charge in [0.25, 0.3) is 0 Å². The van der Waals surface area contributed by atoms with Crippen LogP contribution in [0.5, 0.6) is 0 Å². The van der Waals surface area contributed by atoms with Crippen molar-refractivity contribution in [1.29, 1.82) is 5.26 Å².